The van der Waals surface area contributed by atoms with Gasteiger partial charge in [0, 0.05) is 27.9 Å². The number of carboxylic acids is 1. The molecule has 0 aromatic carbocycles. The van der Waals surface area contributed by atoms with Crippen LogP contribution < -0.4 is 0 Å². The number of carboxylic acid groups (broad SMARTS) is 1. The molecule has 0 aliphatic rings. The largest absolute Gasteiger partial charge is 0.598 e. The molecule has 17 heavy (non-hydrogen) atoms. The van der Waals surface area contributed by atoms with Gasteiger partial charge in [0.25, 0.3) is 0 Å². The van der Waals surface area contributed by atoms with E-state index in [2.05, 4.69) is 0 Å². The minimum Gasteiger partial charge on any atom is -0.481 e. The van der Waals surface area contributed by atoms with Crippen LogP contribution in [-0.4, -0.2) is 59.0 Å². The maximum Gasteiger partial charge on any atom is 0.598 e. The van der Waals surface area contributed by atoms with E-state index >= 15 is 0 Å². The number of rotatable bonds is 9. The van der Waals surface area contributed by atoms with Gasteiger partial charge in [-0.1, -0.05) is 13.8 Å². The summed E-state index contributed by atoms with van der Waals surface area (Å²) in [5.41, 5.74) is 0. The molecule has 0 aliphatic carbocycles. The van der Waals surface area contributed by atoms with Crippen LogP contribution in [0.5, 0.6) is 0 Å². The summed E-state index contributed by atoms with van der Waals surface area (Å²) < 4.78 is 17.9. The summed E-state index contributed by atoms with van der Waals surface area (Å²) in [4.78, 5) is 10.9. The molecule has 0 saturated carbocycles. The van der Waals surface area contributed by atoms with Crippen molar-refractivity contribution in [1.82, 2.24) is 4.57 Å². The van der Waals surface area contributed by atoms with E-state index in [1.54, 1.807) is 6.92 Å². The maximum atomic E-state index is 10.9. The standard InChI is InChI=1S/C10H23NO5Si/c1-6-7-11(8-9(2)10(12)13)17(14-3,15-4)16-5/h9H,6-8H2,1-5H3,(H,12,13). The molecule has 0 aliphatic heterocycles. The molecule has 0 radical (unpaired) electrons. The minimum absolute atomic E-state index is 0.352. The predicted octanol–water partition coefficient (Wildman–Crippen LogP) is 0.794. The molecule has 102 valence electrons. The first-order valence-corrected chi connectivity index (χ1v) is 7.27. The maximum absolute atomic E-state index is 10.9. The molecule has 1 unspecified atom stereocenters. The first-order valence-electron chi connectivity index (χ1n) is 5.60. The second-order valence-electron chi connectivity index (χ2n) is 3.82. The van der Waals surface area contributed by atoms with Crippen LogP contribution in [0, 0.1) is 5.92 Å². The van der Waals surface area contributed by atoms with Crippen molar-refractivity contribution < 1.29 is 23.2 Å². The van der Waals surface area contributed by atoms with Gasteiger partial charge in [0.05, 0.1) is 5.92 Å². The second-order valence-corrected chi connectivity index (χ2v) is 6.73. The third kappa shape index (κ3) is 4.36. The van der Waals surface area contributed by atoms with Crippen molar-refractivity contribution in [2.24, 2.45) is 5.92 Å². The van der Waals surface area contributed by atoms with Gasteiger partial charge in [-0.05, 0) is 13.0 Å². The summed E-state index contributed by atoms with van der Waals surface area (Å²) in [6.07, 6.45) is 0.872. The van der Waals surface area contributed by atoms with Crippen molar-refractivity contribution >= 4 is 14.9 Å². The van der Waals surface area contributed by atoms with E-state index in [0.29, 0.717) is 13.1 Å². The van der Waals surface area contributed by atoms with Gasteiger partial charge in [0.1, 0.15) is 0 Å². The summed E-state index contributed by atoms with van der Waals surface area (Å²) in [6, 6.07) is 0. The Hall–Kier alpha value is -0.473. The number of hydrogen-bond donors (Lipinski definition) is 1. The molecule has 0 aromatic heterocycles. The van der Waals surface area contributed by atoms with E-state index in [9.17, 15) is 4.79 Å². The third-order valence-corrected chi connectivity index (χ3v) is 5.30. The minimum atomic E-state index is -2.91. The quantitative estimate of drug-likeness (QED) is 0.622. The number of carbonyl (C=O) groups is 1. The van der Waals surface area contributed by atoms with Gasteiger partial charge < -0.3 is 18.4 Å². The Morgan fingerprint density at radius 2 is 1.76 bits per heavy atom. The van der Waals surface area contributed by atoms with Crippen LogP contribution in [0.4, 0.5) is 0 Å². The van der Waals surface area contributed by atoms with E-state index in [0.717, 1.165) is 6.42 Å². The molecule has 0 bridgehead atoms. The SMILES string of the molecule is CCCN(CC(C)C(=O)O)[Si](OC)(OC)OC. The Kier molecular flexibility index (Phi) is 7.56. The fourth-order valence-electron chi connectivity index (χ4n) is 1.66. The van der Waals surface area contributed by atoms with E-state index in [1.165, 1.54) is 21.3 Å². The zero-order chi connectivity index (χ0) is 13.5. The summed E-state index contributed by atoms with van der Waals surface area (Å²) >= 11 is 0. The molecule has 1 N–H and O–H groups in total. The Labute approximate surface area is 104 Å². The predicted molar refractivity (Wildman–Crippen MR) is 65.4 cm³/mol. The highest BCUT2D eigenvalue weighted by Crippen LogP contribution is 2.16. The molecule has 1 atom stereocenters. The lowest BCUT2D eigenvalue weighted by atomic mass is 10.2. The second kappa shape index (κ2) is 7.78. The van der Waals surface area contributed by atoms with E-state index in [1.807, 2.05) is 11.5 Å². The molecular weight excluding hydrogens is 242 g/mol. The first kappa shape index (κ1) is 16.5. The van der Waals surface area contributed by atoms with Crippen LogP contribution in [0.15, 0.2) is 0 Å². The van der Waals surface area contributed by atoms with Crippen LogP contribution in [0.2, 0.25) is 0 Å². The van der Waals surface area contributed by atoms with Crippen LogP contribution in [0.1, 0.15) is 20.3 Å². The summed E-state index contributed by atoms with van der Waals surface area (Å²) in [5, 5.41) is 8.95. The lowest BCUT2D eigenvalue weighted by Gasteiger charge is -2.35. The summed E-state index contributed by atoms with van der Waals surface area (Å²) in [6.45, 7) is 4.70. The van der Waals surface area contributed by atoms with Crippen LogP contribution in [-0.2, 0) is 18.1 Å². The van der Waals surface area contributed by atoms with Crippen LogP contribution >= 0.6 is 0 Å². The average Bonchev–Trinajstić information content (AvgIpc) is 2.32. The summed E-state index contributed by atoms with van der Waals surface area (Å²) in [7, 11) is 1.66. The van der Waals surface area contributed by atoms with Gasteiger partial charge in [0.15, 0.2) is 0 Å². The first-order chi connectivity index (χ1) is 7.97. The van der Waals surface area contributed by atoms with Crippen LogP contribution in [0.3, 0.4) is 0 Å². The van der Waals surface area contributed by atoms with Gasteiger partial charge in [-0.25, -0.2) is 0 Å². The van der Waals surface area contributed by atoms with E-state index in [-0.39, 0.29) is 0 Å². The van der Waals surface area contributed by atoms with Gasteiger partial charge in [0.2, 0.25) is 0 Å². The normalized spacial score (nSPS) is 14.0. The Bertz CT molecular complexity index is 226. The third-order valence-electron chi connectivity index (χ3n) is 2.57. The Morgan fingerprint density at radius 3 is 2.06 bits per heavy atom. The lowest BCUT2D eigenvalue weighted by molar-refractivity contribution is -0.141. The summed E-state index contributed by atoms with van der Waals surface area (Å²) in [5.74, 6) is -1.33. The molecule has 0 aromatic rings. The molecule has 6 nitrogen and oxygen atoms in total. The monoisotopic (exact) mass is 265 g/mol. The fraction of sp³-hybridized carbons (Fsp3) is 0.900. The van der Waals surface area contributed by atoms with Gasteiger partial charge >= 0.3 is 14.9 Å². The molecule has 7 heteroatoms. The molecule has 0 spiro atoms. The van der Waals surface area contributed by atoms with E-state index < -0.39 is 20.9 Å². The fourth-order valence-corrected chi connectivity index (χ4v) is 3.93. The zero-order valence-corrected chi connectivity index (χ0v) is 12.2. The van der Waals surface area contributed by atoms with Crippen molar-refractivity contribution in [2.45, 2.75) is 20.3 Å². The van der Waals surface area contributed by atoms with Gasteiger partial charge in [-0.15, -0.1) is 0 Å². The Morgan fingerprint density at radius 1 is 1.29 bits per heavy atom. The number of aliphatic carboxylic acids is 1. The van der Waals surface area contributed by atoms with Crippen molar-refractivity contribution in [1.29, 1.82) is 0 Å². The lowest BCUT2D eigenvalue weighted by Crippen LogP contribution is -2.61. The molecule has 0 amide bonds. The van der Waals surface area contributed by atoms with Crippen molar-refractivity contribution in [3.63, 3.8) is 0 Å². The molecule has 0 rings (SSSR count). The average molecular weight is 265 g/mol. The van der Waals surface area contributed by atoms with Crippen molar-refractivity contribution in [3.05, 3.63) is 0 Å². The van der Waals surface area contributed by atoms with Crippen molar-refractivity contribution in [3.8, 4) is 0 Å². The molecule has 0 heterocycles. The Balaban J connectivity index is 4.85. The van der Waals surface area contributed by atoms with Gasteiger partial charge in [-0.2, -0.15) is 0 Å². The van der Waals surface area contributed by atoms with E-state index in [4.69, 9.17) is 18.4 Å². The van der Waals surface area contributed by atoms with Crippen LogP contribution in [0.25, 0.3) is 0 Å². The highest BCUT2D eigenvalue weighted by atomic mass is 28.4. The highest BCUT2D eigenvalue weighted by molar-refractivity contribution is 6.57. The number of nitrogens with zero attached hydrogens (tertiary/aromatic N) is 1. The smallest absolute Gasteiger partial charge is 0.481 e. The molecule has 0 fully saturated rings. The number of hydrogen-bond acceptors (Lipinski definition) is 5. The van der Waals surface area contributed by atoms with Gasteiger partial charge in [-0.3, -0.25) is 9.36 Å². The molecular formula is C10H23NO5Si. The molecule has 0 saturated heterocycles. The zero-order valence-electron chi connectivity index (χ0n) is 11.2. The highest BCUT2D eigenvalue weighted by Gasteiger charge is 2.46. The topological polar surface area (TPSA) is 68.2 Å². The van der Waals surface area contributed by atoms with Crippen molar-refractivity contribution in [2.75, 3.05) is 34.4 Å².